The molecule has 0 radical (unpaired) electrons. The molecule has 6 rings (SSSR count). The third-order valence-electron chi connectivity index (χ3n) is 7.73. The van der Waals surface area contributed by atoms with Crippen LogP contribution in [0.1, 0.15) is 29.1 Å². The number of aliphatic hydroxyl groups excluding tert-OH is 2. The molecule has 1 aliphatic carbocycles. The molecule has 3 heterocycles. The summed E-state index contributed by atoms with van der Waals surface area (Å²) in [4.78, 5) is 16.2. The molecule has 4 aromatic rings. The lowest BCUT2D eigenvalue weighted by Gasteiger charge is -2.27. The lowest BCUT2D eigenvalue weighted by molar-refractivity contribution is -0.0580. The van der Waals surface area contributed by atoms with Crippen LogP contribution in [0.5, 0.6) is 0 Å². The molecule has 0 amide bonds. The molecule has 0 saturated carbocycles. The minimum absolute atomic E-state index is 0.122. The zero-order valence-corrected chi connectivity index (χ0v) is 23.5. The number of imidazole rings is 1. The number of nitrogens with zero attached hydrogens (tertiary/aromatic N) is 5. The fourth-order valence-corrected chi connectivity index (χ4v) is 5.60. The standard InChI is InChI=1S/C30H36N6O5/c1-35(2)11-12-40-16-24-33-28(31-14-22-19-8-6-7-18(13-19)20-9-4-5-10-21(20)22)25-29(34-24)36(17-32-25)30-27(38)26(37)23(41-30)15-39-3/h4-10,13,17,22-23,26-27,30,37-38H,11-12,14-16H2,1-3H3,(H,31,33,34)/t22?,23-,26-,27-,30-/m1/s1. The van der Waals surface area contributed by atoms with Crippen LogP contribution in [0.3, 0.4) is 0 Å². The van der Waals surface area contributed by atoms with Crippen LogP contribution >= 0.6 is 0 Å². The lowest BCUT2D eigenvalue weighted by Crippen LogP contribution is -2.33. The van der Waals surface area contributed by atoms with Crippen LogP contribution in [0.15, 0.2) is 54.9 Å². The molecule has 1 aliphatic heterocycles. The largest absolute Gasteiger partial charge is 0.387 e. The van der Waals surface area contributed by atoms with Crippen LogP contribution in [0.2, 0.25) is 0 Å². The van der Waals surface area contributed by atoms with Gasteiger partial charge in [-0.25, -0.2) is 15.0 Å². The van der Waals surface area contributed by atoms with E-state index in [0.29, 0.717) is 36.0 Å². The molecule has 0 spiro atoms. The van der Waals surface area contributed by atoms with E-state index in [4.69, 9.17) is 24.2 Å². The Labute approximate surface area is 238 Å². The minimum Gasteiger partial charge on any atom is -0.387 e. The number of ether oxygens (including phenoxy) is 3. The van der Waals surface area contributed by atoms with Crippen molar-refractivity contribution in [2.75, 3.05) is 52.8 Å². The molecule has 41 heavy (non-hydrogen) atoms. The summed E-state index contributed by atoms with van der Waals surface area (Å²) in [5.74, 6) is 1.17. The summed E-state index contributed by atoms with van der Waals surface area (Å²) in [6.45, 7) is 2.25. The van der Waals surface area contributed by atoms with E-state index in [0.717, 1.165) is 6.54 Å². The fraction of sp³-hybridized carbons (Fsp3) is 0.433. The molecule has 11 heteroatoms. The third-order valence-corrected chi connectivity index (χ3v) is 7.73. The van der Waals surface area contributed by atoms with E-state index in [1.54, 1.807) is 10.9 Å². The number of hydrogen-bond donors (Lipinski definition) is 3. The van der Waals surface area contributed by atoms with Gasteiger partial charge in [0, 0.05) is 26.1 Å². The predicted octanol–water partition coefficient (Wildman–Crippen LogP) is 2.39. The zero-order valence-electron chi connectivity index (χ0n) is 23.5. The van der Waals surface area contributed by atoms with E-state index < -0.39 is 24.5 Å². The van der Waals surface area contributed by atoms with E-state index in [9.17, 15) is 10.2 Å². The first-order valence-corrected chi connectivity index (χ1v) is 13.8. The van der Waals surface area contributed by atoms with E-state index in [1.807, 2.05) is 19.0 Å². The maximum atomic E-state index is 10.8. The molecule has 1 saturated heterocycles. The molecule has 2 bridgehead atoms. The normalized spacial score (nSPS) is 23.3. The Balaban J connectivity index is 1.32. The van der Waals surface area contributed by atoms with Crippen molar-refractivity contribution in [1.82, 2.24) is 24.4 Å². The van der Waals surface area contributed by atoms with Gasteiger partial charge in [0.1, 0.15) is 24.9 Å². The quantitative estimate of drug-likeness (QED) is 0.235. The Morgan fingerprint density at radius 2 is 1.93 bits per heavy atom. The van der Waals surface area contributed by atoms with Gasteiger partial charge in [-0.1, -0.05) is 48.5 Å². The number of aromatic nitrogens is 4. The lowest BCUT2D eigenvalue weighted by atomic mass is 9.80. The summed E-state index contributed by atoms with van der Waals surface area (Å²) in [7, 11) is 5.50. The van der Waals surface area contributed by atoms with Gasteiger partial charge in [0.25, 0.3) is 0 Å². The number of nitrogens with one attached hydrogen (secondary N) is 1. The van der Waals surface area contributed by atoms with Crippen LogP contribution in [-0.2, 0) is 20.8 Å². The molecule has 2 aliphatic rings. The molecule has 3 N–H and O–H groups in total. The van der Waals surface area contributed by atoms with E-state index >= 15 is 0 Å². The number of likely N-dealkylation sites (N-methyl/N-ethyl adjacent to an activating group) is 1. The van der Waals surface area contributed by atoms with Crippen molar-refractivity contribution in [1.29, 1.82) is 0 Å². The van der Waals surface area contributed by atoms with Gasteiger partial charge in [0.15, 0.2) is 29.0 Å². The van der Waals surface area contributed by atoms with Gasteiger partial charge in [-0.15, -0.1) is 0 Å². The molecule has 2 aromatic carbocycles. The SMILES string of the molecule is COC[C@H]1O[C@@H](n2cnc3c(NCC4c5cccc(c5)-c5ccccc54)nc(COCCN(C)C)nc32)[C@H](O)[C@@H]1O. The van der Waals surface area contributed by atoms with Crippen molar-refractivity contribution < 1.29 is 24.4 Å². The van der Waals surface area contributed by atoms with E-state index in [1.165, 1.54) is 29.4 Å². The molecular weight excluding hydrogens is 524 g/mol. The monoisotopic (exact) mass is 560 g/mol. The topological polar surface area (TPSA) is 127 Å². The van der Waals surface area contributed by atoms with Crippen molar-refractivity contribution in [3.05, 3.63) is 71.8 Å². The summed E-state index contributed by atoms with van der Waals surface area (Å²) in [6.07, 6.45) is -2.27. The summed E-state index contributed by atoms with van der Waals surface area (Å²) < 4.78 is 18.7. The minimum atomic E-state index is -1.18. The Kier molecular flexibility index (Phi) is 7.98. The molecule has 2 aromatic heterocycles. The van der Waals surface area contributed by atoms with Crippen molar-refractivity contribution >= 4 is 17.0 Å². The number of anilines is 1. The highest BCUT2D eigenvalue weighted by atomic mass is 16.6. The summed E-state index contributed by atoms with van der Waals surface area (Å²) in [5.41, 5.74) is 5.97. The molecule has 216 valence electrons. The van der Waals surface area contributed by atoms with Gasteiger partial charge in [0.05, 0.1) is 19.5 Å². The first-order chi connectivity index (χ1) is 19.9. The highest BCUT2D eigenvalue weighted by Crippen LogP contribution is 2.40. The molecule has 5 atom stereocenters. The number of rotatable bonds is 11. The van der Waals surface area contributed by atoms with Gasteiger partial charge >= 0.3 is 0 Å². The van der Waals surface area contributed by atoms with Gasteiger partial charge in [-0.2, -0.15) is 0 Å². The number of hydrogen-bond acceptors (Lipinski definition) is 10. The van der Waals surface area contributed by atoms with Crippen LogP contribution in [0, 0.1) is 0 Å². The average Bonchev–Trinajstić information content (AvgIpc) is 3.52. The van der Waals surface area contributed by atoms with E-state index in [-0.39, 0.29) is 19.1 Å². The van der Waals surface area contributed by atoms with Crippen LogP contribution < -0.4 is 5.32 Å². The number of benzene rings is 2. The Morgan fingerprint density at radius 3 is 2.76 bits per heavy atom. The van der Waals surface area contributed by atoms with Crippen molar-refractivity contribution in [3.63, 3.8) is 0 Å². The van der Waals surface area contributed by atoms with E-state index in [2.05, 4.69) is 58.8 Å². The van der Waals surface area contributed by atoms with Crippen molar-refractivity contribution in [3.8, 4) is 11.1 Å². The Hall–Kier alpha value is -3.45. The number of methoxy groups -OCH3 is 1. The maximum absolute atomic E-state index is 10.8. The van der Waals surface area contributed by atoms with Gasteiger partial charge < -0.3 is 34.6 Å². The van der Waals surface area contributed by atoms with Gasteiger partial charge in [-0.05, 0) is 36.3 Å². The van der Waals surface area contributed by atoms with Crippen LogP contribution in [0.4, 0.5) is 5.82 Å². The summed E-state index contributed by atoms with van der Waals surface area (Å²) in [6, 6.07) is 17.1. The smallest absolute Gasteiger partial charge is 0.168 e. The molecule has 11 nitrogen and oxygen atoms in total. The Morgan fingerprint density at radius 1 is 1.07 bits per heavy atom. The average molecular weight is 561 g/mol. The highest BCUT2D eigenvalue weighted by Gasteiger charge is 2.44. The predicted molar refractivity (Wildman–Crippen MR) is 154 cm³/mol. The Bertz CT molecular complexity index is 1510. The second-order valence-electron chi connectivity index (χ2n) is 10.8. The molecular formula is C30H36N6O5. The third kappa shape index (κ3) is 5.44. The number of aliphatic hydroxyl groups is 2. The summed E-state index contributed by atoms with van der Waals surface area (Å²) >= 11 is 0. The fourth-order valence-electron chi connectivity index (χ4n) is 5.60. The second-order valence-corrected chi connectivity index (χ2v) is 10.8. The first kappa shape index (κ1) is 27.7. The van der Waals surface area contributed by atoms with Gasteiger partial charge in [-0.3, -0.25) is 4.57 Å². The number of fused-ring (bicyclic) bond motifs is 5. The van der Waals surface area contributed by atoms with Gasteiger partial charge in [0.2, 0.25) is 0 Å². The van der Waals surface area contributed by atoms with Crippen molar-refractivity contribution in [2.45, 2.75) is 37.1 Å². The first-order valence-electron chi connectivity index (χ1n) is 13.8. The highest BCUT2D eigenvalue weighted by molar-refractivity contribution is 5.83. The zero-order chi connectivity index (χ0) is 28.5. The van der Waals surface area contributed by atoms with Crippen LogP contribution in [-0.4, -0.2) is 100 Å². The van der Waals surface area contributed by atoms with Crippen LogP contribution in [0.25, 0.3) is 22.3 Å². The second kappa shape index (κ2) is 11.8. The summed E-state index contributed by atoms with van der Waals surface area (Å²) in [5, 5.41) is 24.9. The molecule has 1 fully saturated rings. The maximum Gasteiger partial charge on any atom is 0.168 e. The molecule has 1 unspecified atom stereocenters. The van der Waals surface area contributed by atoms with Crippen molar-refractivity contribution in [2.24, 2.45) is 0 Å².